The third-order valence-corrected chi connectivity index (χ3v) is 13.7. The highest BCUT2D eigenvalue weighted by Gasteiger charge is 2.45. The molecule has 1 atom stereocenters. The number of ether oxygens (including phenoxy) is 4. The summed E-state index contributed by atoms with van der Waals surface area (Å²) in [4.78, 5) is 67.2. The number of carbonyl (C=O) groups is 5. The zero-order chi connectivity index (χ0) is 48.8. The number of hydrogen-bond donors (Lipinski definition) is 3. The van der Waals surface area contributed by atoms with Crippen LogP contribution in [0.15, 0.2) is 48.5 Å². The lowest BCUT2D eigenvalue weighted by Crippen LogP contribution is -2.54. The fourth-order valence-corrected chi connectivity index (χ4v) is 9.87. The number of carbonyl (C=O) groups excluding carboxylic acids is 4. The normalized spacial score (nSPS) is 16.4. The molecule has 2 aromatic heterocycles. The average Bonchev–Trinajstić information content (AvgIpc) is 3.91. The Morgan fingerprint density at radius 1 is 0.870 bits per heavy atom. The van der Waals surface area contributed by atoms with Crippen LogP contribution in [0, 0.1) is 27.7 Å². The third kappa shape index (κ3) is 10.7. The van der Waals surface area contributed by atoms with Gasteiger partial charge in [0.05, 0.1) is 62.0 Å². The van der Waals surface area contributed by atoms with Crippen LogP contribution in [0.1, 0.15) is 85.0 Å². The number of aromatic nitrogens is 3. The number of amides is 4. The van der Waals surface area contributed by atoms with E-state index in [1.54, 1.807) is 18.2 Å². The first-order valence-electron chi connectivity index (χ1n) is 23.7. The molecule has 3 aliphatic heterocycles. The molecule has 3 aliphatic rings. The van der Waals surface area contributed by atoms with Crippen LogP contribution < -0.4 is 15.4 Å². The van der Waals surface area contributed by atoms with Gasteiger partial charge < -0.3 is 33.9 Å². The Bertz CT molecular complexity index is 2740. The van der Waals surface area contributed by atoms with Gasteiger partial charge in [-0.1, -0.05) is 35.9 Å². The molecule has 3 N–H and O–H groups in total. The molecule has 18 heteroatoms. The fraction of sp³-hybridized carbons (Fsp3) is 0.451. The molecule has 0 saturated carbocycles. The van der Waals surface area contributed by atoms with E-state index in [-0.39, 0.29) is 24.0 Å². The van der Waals surface area contributed by atoms with E-state index in [1.807, 2.05) is 54.3 Å². The number of aryl methyl sites for hydroxylation is 5. The molecule has 366 valence electrons. The van der Waals surface area contributed by atoms with Crippen LogP contribution in [-0.2, 0) is 43.3 Å². The summed E-state index contributed by atoms with van der Waals surface area (Å²) in [5.74, 6) is -2.42. The van der Waals surface area contributed by atoms with E-state index >= 15 is 0 Å². The minimum absolute atomic E-state index is 0.0525. The molecule has 2 saturated heterocycles. The molecule has 0 spiro atoms. The summed E-state index contributed by atoms with van der Waals surface area (Å²) in [6, 6.07) is 13.9. The van der Waals surface area contributed by atoms with Gasteiger partial charge in [0.25, 0.3) is 11.8 Å². The third-order valence-electron chi connectivity index (χ3n) is 13.1. The van der Waals surface area contributed by atoms with Crippen molar-refractivity contribution in [1.82, 2.24) is 29.5 Å². The van der Waals surface area contributed by atoms with E-state index in [2.05, 4.69) is 28.5 Å². The second kappa shape index (κ2) is 22.1. The summed E-state index contributed by atoms with van der Waals surface area (Å²) in [7, 11) is 0. The minimum atomic E-state index is -1.03. The molecule has 0 aliphatic carbocycles. The van der Waals surface area contributed by atoms with E-state index in [0.717, 1.165) is 78.9 Å². The maximum absolute atomic E-state index is 13.4. The number of hydrogen-bond acceptors (Lipinski definition) is 12. The van der Waals surface area contributed by atoms with Gasteiger partial charge in [0, 0.05) is 85.2 Å². The zero-order valence-corrected chi connectivity index (χ0v) is 40.4. The summed E-state index contributed by atoms with van der Waals surface area (Å²) >= 11 is 6.39. The number of carboxylic acid groups (broad SMARTS) is 1. The molecule has 17 nitrogen and oxygen atoms in total. The fourth-order valence-electron chi connectivity index (χ4n) is 9.76. The molecular formula is C51H60ClN7O10. The average molecular weight is 967 g/mol. The number of nitrogens with zero attached hydrogens (tertiary/aromatic N) is 5. The second-order valence-corrected chi connectivity index (χ2v) is 18.1. The number of fused-ring (bicyclic) bond motifs is 2. The predicted molar refractivity (Wildman–Crippen MR) is 259 cm³/mol. The van der Waals surface area contributed by atoms with Crippen LogP contribution in [0.25, 0.3) is 22.0 Å². The first-order chi connectivity index (χ1) is 33.3. The van der Waals surface area contributed by atoms with E-state index in [9.17, 15) is 29.1 Å². The topological polar surface area (TPSA) is 196 Å². The van der Waals surface area contributed by atoms with Crippen molar-refractivity contribution in [2.75, 3.05) is 77.7 Å². The summed E-state index contributed by atoms with van der Waals surface area (Å²) in [6.45, 7) is 15.0. The van der Waals surface area contributed by atoms with E-state index in [4.69, 9.17) is 35.6 Å². The van der Waals surface area contributed by atoms with E-state index in [1.165, 1.54) is 0 Å². The number of carboxylic acids is 1. The van der Waals surface area contributed by atoms with Crippen molar-refractivity contribution in [3.05, 3.63) is 98.5 Å². The van der Waals surface area contributed by atoms with Crippen molar-refractivity contribution in [3.63, 3.8) is 0 Å². The molecule has 5 aromatic rings. The summed E-state index contributed by atoms with van der Waals surface area (Å²) < 4.78 is 27.4. The van der Waals surface area contributed by atoms with Gasteiger partial charge in [-0.05, 0) is 94.3 Å². The number of para-hydroxylation sites is 1. The number of morpholine rings is 1. The van der Waals surface area contributed by atoms with Gasteiger partial charge in [-0.15, -0.1) is 0 Å². The SMILES string of the molecule is Cc1cc(OCCCc2c(C(=O)O)n(CCN3CCOCC3)c3c(-c4c(C)nn(CCCOCCOCCNc5cccc6c5C(=O)N(C5CCC(=O)NC5=O)C6=O)c4C)cccc23)cc(C)c1Cl. The Hall–Kier alpha value is -6.11. The molecular weight excluding hydrogens is 906 g/mol. The molecule has 4 amide bonds. The van der Waals surface area contributed by atoms with Gasteiger partial charge in [0.1, 0.15) is 17.5 Å². The van der Waals surface area contributed by atoms with Gasteiger partial charge in [-0.2, -0.15) is 5.10 Å². The molecule has 3 aromatic carbocycles. The van der Waals surface area contributed by atoms with Crippen LogP contribution in [0.5, 0.6) is 5.75 Å². The van der Waals surface area contributed by atoms with Crippen molar-refractivity contribution in [3.8, 4) is 16.9 Å². The van der Waals surface area contributed by atoms with Crippen molar-refractivity contribution in [2.24, 2.45) is 0 Å². The molecule has 69 heavy (non-hydrogen) atoms. The van der Waals surface area contributed by atoms with Crippen LogP contribution in [-0.4, -0.2) is 137 Å². The van der Waals surface area contributed by atoms with Crippen molar-refractivity contribution in [2.45, 2.75) is 78.9 Å². The standard InChI is InChI=1S/C51H60ClN7O10/c1-31-29-35(30-32(2)45(31)52)69-23-7-12-37-36-9-5-10-38(46(36)57(47(37)51(64)65)19-18-56-20-25-68-26-21-56)43-33(3)55-58(34(43)4)17-8-22-66-27-28-67-24-16-53-40-13-6-11-39-44(40)50(63)59(49(39)62)41-14-15-42(60)54-48(41)61/h5-6,9-11,13,29-30,41,53H,7-8,12,14-28H2,1-4H3,(H,64,65)(H,54,60,61). The van der Waals surface area contributed by atoms with Crippen molar-refractivity contribution in [1.29, 1.82) is 0 Å². The quantitative estimate of drug-likeness (QED) is 0.0512. The van der Waals surface area contributed by atoms with E-state index < -0.39 is 35.6 Å². The lowest BCUT2D eigenvalue weighted by molar-refractivity contribution is -0.136. The van der Waals surface area contributed by atoms with Gasteiger partial charge in [-0.25, -0.2) is 4.79 Å². The van der Waals surface area contributed by atoms with Crippen LogP contribution in [0.4, 0.5) is 5.69 Å². The summed E-state index contributed by atoms with van der Waals surface area (Å²) in [5, 5.41) is 22.8. The van der Waals surface area contributed by atoms with E-state index in [0.29, 0.717) is 103 Å². The second-order valence-electron chi connectivity index (χ2n) is 17.7. The lowest BCUT2D eigenvalue weighted by Gasteiger charge is -2.27. The Morgan fingerprint density at radius 3 is 2.33 bits per heavy atom. The van der Waals surface area contributed by atoms with Gasteiger partial charge in [-0.3, -0.25) is 39.0 Å². The summed E-state index contributed by atoms with van der Waals surface area (Å²) in [5.41, 5.74) is 8.52. The van der Waals surface area contributed by atoms with Gasteiger partial charge in [0.2, 0.25) is 11.8 Å². The number of benzene rings is 3. The van der Waals surface area contributed by atoms with Gasteiger partial charge in [0.15, 0.2) is 0 Å². The highest BCUT2D eigenvalue weighted by molar-refractivity contribution is 6.32. The first kappa shape index (κ1) is 49.3. The first-order valence-corrected chi connectivity index (χ1v) is 24.1. The number of piperidine rings is 1. The van der Waals surface area contributed by atoms with Crippen molar-refractivity contribution < 1.29 is 48.0 Å². The molecule has 5 heterocycles. The lowest BCUT2D eigenvalue weighted by atomic mass is 9.98. The Balaban J connectivity index is 0.866. The van der Waals surface area contributed by atoms with Crippen LogP contribution >= 0.6 is 11.6 Å². The van der Waals surface area contributed by atoms with Crippen LogP contribution in [0.2, 0.25) is 5.02 Å². The molecule has 2 fully saturated rings. The van der Waals surface area contributed by atoms with Gasteiger partial charge >= 0.3 is 5.97 Å². The molecule has 0 bridgehead atoms. The molecule has 8 rings (SSSR count). The summed E-state index contributed by atoms with van der Waals surface area (Å²) in [6.07, 6.45) is 1.98. The number of imide groups is 2. The maximum atomic E-state index is 13.4. The smallest absolute Gasteiger partial charge is 0.352 e. The zero-order valence-electron chi connectivity index (χ0n) is 39.7. The highest BCUT2D eigenvalue weighted by Crippen LogP contribution is 2.39. The number of halogens is 1. The molecule has 1 unspecified atom stereocenters. The largest absolute Gasteiger partial charge is 0.494 e. The maximum Gasteiger partial charge on any atom is 0.352 e. The Labute approximate surface area is 405 Å². The molecule has 0 radical (unpaired) electrons. The monoisotopic (exact) mass is 965 g/mol. The number of anilines is 1. The number of rotatable bonds is 22. The highest BCUT2D eigenvalue weighted by atomic mass is 35.5. The minimum Gasteiger partial charge on any atom is -0.494 e. The van der Waals surface area contributed by atoms with Crippen LogP contribution in [0.3, 0.4) is 0 Å². The van der Waals surface area contributed by atoms with Crippen molar-refractivity contribution >= 4 is 57.8 Å². The Kier molecular flexibility index (Phi) is 15.8. The number of aromatic carboxylic acids is 1. The predicted octanol–water partition coefficient (Wildman–Crippen LogP) is 6.37. The Morgan fingerprint density at radius 2 is 1.59 bits per heavy atom. The number of nitrogens with one attached hydrogen (secondary N) is 2.